The van der Waals surface area contributed by atoms with Crippen molar-refractivity contribution in [2.45, 2.75) is 13.8 Å². The van der Waals surface area contributed by atoms with Crippen molar-refractivity contribution in [1.82, 2.24) is 4.57 Å². The molecule has 1 aromatic heterocycles. The molecule has 2 rings (SSSR count). The summed E-state index contributed by atoms with van der Waals surface area (Å²) in [5.74, 6) is -0.503. The normalized spacial score (nSPS) is 10.9. The standard InChI is InChI=1S/C20H22N2O5/c1-13-11-18(26-4)19(20(25)21(13)3)17(24)10-9-15-7-6-8-16(12-15)22(27-5)14(2)23/h6-12H,1-5H3/b10-9+. The monoisotopic (exact) mass is 370 g/mol. The lowest BCUT2D eigenvalue weighted by atomic mass is 10.1. The van der Waals surface area contributed by atoms with E-state index in [-0.39, 0.29) is 17.2 Å². The van der Waals surface area contributed by atoms with Crippen LogP contribution in [-0.4, -0.2) is 30.5 Å². The van der Waals surface area contributed by atoms with Crippen molar-refractivity contribution in [2.75, 3.05) is 19.3 Å². The fourth-order valence-corrected chi connectivity index (χ4v) is 2.61. The third kappa shape index (κ3) is 4.32. The Balaban J connectivity index is 2.37. The van der Waals surface area contributed by atoms with Crippen molar-refractivity contribution in [1.29, 1.82) is 0 Å². The van der Waals surface area contributed by atoms with Gasteiger partial charge in [-0.25, -0.2) is 0 Å². The third-order valence-corrected chi connectivity index (χ3v) is 4.10. The van der Waals surface area contributed by atoms with Gasteiger partial charge < -0.3 is 9.30 Å². The SMILES string of the molecule is COc1cc(C)n(C)c(=O)c1C(=O)/C=C/c1cccc(N(OC)C(C)=O)c1. The smallest absolute Gasteiger partial charge is 0.265 e. The Hall–Kier alpha value is -3.19. The van der Waals surface area contributed by atoms with Crippen molar-refractivity contribution in [3.63, 3.8) is 0 Å². The van der Waals surface area contributed by atoms with E-state index in [1.54, 1.807) is 50.4 Å². The zero-order valence-corrected chi connectivity index (χ0v) is 16.0. The van der Waals surface area contributed by atoms with E-state index in [1.807, 2.05) is 0 Å². The number of ketones is 1. The molecule has 0 atom stereocenters. The number of methoxy groups -OCH3 is 1. The highest BCUT2D eigenvalue weighted by atomic mass is 16.7. The number of rotatable bonds is 6. The van der Waals surface area contributed by atoms with Crippen LogP contribution in [0.4, 0.5) is 5.69 Å². The molecule has 1 amide bonds. The maximum atomic E-state index is 12.6. The predicted molar refractivity (Wildman–Crippen MR) is 103 cm³/mol. The zero-order valence-electron chi connectivity index (χ0n) is 16.0. The van der Waals surface area contributed by atoms with E-state index >= 15 is 0 Å². The Kier molecular flexibility index (Phi) is 6.31. The second-order valence-electron chi connectivity index (χ2n) is 5.88. The minimum absolute atomic E-state index is 0.0275. The van der Waals surface area contributed by atoms with Crippen LogP contribution in [-0.2, 0) is 16.7 Å². The molecule has 0 aliphatic carbocycles. The molecule has 1 aromatic carbocycles. The van der Waals surface area contributed by atoms with Crippen LogP contribution in [0.25, 0.3) is 6.08 Å². The van der Waals surface area contributed by atoms with Gasteiger partial charge in [0, 0.05) is 25.7 Å². The van der Waals surface area contributed by atoms with E-state index in [1.165, 1.54) is 31.8 Å². The Morgan fingerprint density at radius 3 is 2.48 bits per heavy atom. The highest BCUT2D eigenvalue weighted by molar-refractivity contribution is 6.08. The minimum Gasteiger partial charge on any atom is -0.496 e. The Bertz CT molecular complexity index is 959. The molecule has 0 radical (unpaired) electrons. The molecule has 0 spiro atoms. The molecule has 27 heavy (non-hydrogen) atoms. The summed E-state index contributed by atoms with van der Waals surface area (Å²) in [6.07, 6.45) is 2.87. The minimum atomic E-state index is -0.465. The number of allylic oxidation sites excluding steroid dienone is 1. The molecule has 142 valence electrons. The Morgan fingerprint density at radius 1 is 1.19 bits per heavy atom. The van der Waals surface area contributed by atoms with E-state index in [9.17, 15) is 14.4 Å². The molecular formula is C20H22N2O5. The topological polar surface area (TPSA) is 77.8 Å². The second-order valence-corrected chi connectivity index (χ2v) is 5.88. The quantitative estimate of drug-likeness (QED) is 0.444. The molecule has 0 saturated carbocycles. The lowest BCUT2D eigenvalue weighted by Gasteiger charge is -2.17. The Labute approximate surface area is 157 Å². The van der Waals surface area contributed by atoms with Gasteiger partial charge in [0.25, 0.3) is 5.56 Å². The zero-order chi connectivity index (χ0) is 20.1. The van der Waals surface area contributed by atoms with Gasteiger partial charge in [0.1, 0.15) is 11.3 Å². The summed E-state index contributed by atoms with van der Waals surface area (Å²) in [4.78, 5) is 41.7. The van der Waals surface area contributed by atoms with Gasteiger partial charge in [-0.05, 0) is 30.7 Å². The molecule has 1 heterocycles. The maximum Gasteiger partial charge on any atom is 0.265 e. The fraction of sp³-hybridized carbons (Fsp3) is 0.250. The van der Waals surface area contributed by atoms with Crippen molar-refractivity contribution in [3.8, 4) is 5.75 Å². The first kappa shape index (κ1) is 20.1. The molecule has 0 fully saturated rings. The number of hydroxylamine groups is 1. The van der Waals surface area contributed by atoms with Crippen LogP contribution in [0, 0.1) is 6.92 Å². The maximum absolute atomic E-state index is 12.6. The van der Waals surface area contributed by atoms with E-state index in [2.05, 4.69) is 0 Å². The van der Waals surface area contributed by atoms with Crippen LogP contribution in [0.2, 0.25) is 0 Å². The van der Waals surface area contributed by atoms with E-state index < -0.39 is 11.3 Å². The summed E-state index contributed by atoms with van der Waals surface area (Å²) in [5.41, 5.74) is 1.45. The Morgan fingerprint density at radius 2 is 1.89 bits per heavy atom. The van der Waals surface area contributed by atoms with Gasteiger partial charge in [-0.3, -0.25) is 19.2 Å². The third-order valence-electron chi connectivity index (χ3n) is 4.10. The summed E-state index contributed by atoms with van der Waals surface area (Å²) < 4.78 is 6.59. The number of amides is 1. The predicted octanol–water partition coefficient (Wildman–Crippen LogP) is 2.51. The van der Waals surface area contributed by atoms with E-state index in [4.69, 9.17) is 9.57 Å². The first-order valence-electron chi connectivity index (χ1n) is 8.22. The number of hydrogen-bond acceptors (Lipinski definition) is 5. The van der Waals surface area contributed by atoms with Crippen molar-refractivity contribution < 1.29 is 19.2 Å². The summed E-state index contributed by atoms with van der Waals surface area (Å²) >= 11 is 0. The van der Waals surface area contributed by atoms with Crippen LogP contribution < -0.4 is 15.4 Å². The van der Waals surface area contributed by atoms with Gasteiger partial charge in [-0.15, -0.1) is 0 Å². The van der Waals surface area contributed by atoms with Gasteiger partial charge >= 0.3 is 0 Å². The van der Waals surface area contributed by atoms with Crippen LogP contribution >= 0.6 is 0 Å². The van der Waals surface area contributed by atoms with Crippen LogP contribution in [0.1, 0.15) is 28.5 Å². The van der Waals surface area contributed by atoms with Crippen LogP contribution in [0.5, 0.6) is 5.75 Å². The van der Waals surface area contributed by atoms with Crippen LogP contribution in [0.15, 0.2) is 41.2 Å². The van der Waals surface area contributed by atoms with Crippen molar-refractivity contribution in [2.24, 2.45) is 7.05 Å². The van der Waals surface area contributed by atoms with Gasteiger partial charge in [0.2, 0.25) is 5.91 Å². The molecular weight excluding hydrogens is 348 g/mol. The fourth-order valence-electron chi connectivity index (χ4n) is 2.61. The van der Waals surface area contributed by atoms with Crippen molar-refractivity contribution >= 4 is 23.5 Å². The number of aryl methyl sites for hydroxylation is 1. The molecule has 7 nitrogen and oxygen atoms in total. The summed E-state index contributed by atoms with van der Waals surface area (Å²) in [5, 5.41) is 1.14. The summed E-state index contributed by atoms with van der Waals surface area (Å²) in [6.45, 7) is 3.14. The lowest BCUT2D eigenvalue weighted by molar-refractivity contribution is -0.122. The number of aromatic nitrogens is 1. The number of carbonyl (C=O) groups is 2. The highest BCUT2D eigenvalue weighted by Gasteiger charge is 2.17. The number of carbonyl (C=O) groups excluding carboxylic acids is 2. The average molecular weight is 370 g/mol. The van der Waals surface area contributed by atoms with Gasteiger partial charge in [-0.2, -0.15) is 5.06 Å². The first-order valence-corrected chi connectivity index (χ1v) is 8.22. The molecule has 7 heteroatoms. The largest absolute Gasteiger partial charge is 0.496 e. The number of pyridine rings is 1. The molecule has 0 saturated heterocycles. The lowest BCUT2D eigenvalue weighted by Crippen LogP contribution is -2.26. The van der Waals surface area contributed by atoms with Gasteiger partial charge in [0.15, 0.2) is 5.78 Å². The number of ether oxygens (including phenoxy) is 1. The molecule has 0 aliphatic rings. The highest BCUT2D eigenvalue weighted by Crippen LogP contribution is 2.20. The van der Waals surface area contributed by atoms with Gasteiger partial charge in [0.05, 0.1) is 19.9 Å². The van der Waals surface area contributed by atoms with Crippen molar-refractivity contribution in [3.05, 3.63) is 63.6 Å². The van der Waals surface area contributed by atoms with E-state index in [0.29, 0.717) is 16.9 Å². The summed E-state index contributed by atoms with van der Waals surface area (Å²) in [7, 11) is 4.41. The number of anilines is 1. The summed E-state index contributed by atoms with van der Waals surface area (Å²) in [6, 6.07) is 8.56. The number of benzene rings is 1. The molecule has 0 bridgehead atoms. The van der Waals surface area contributed by atoms with E-state index in [0.717, 1.165) is 5.06 Å². The molecule has 2 aromatic rings. The number of hydrogen-bond donors (Lipinski definition) is 0. The molecule has 0 unspecified atom stereocenters. The van der Waals surface area contributed by atoms with Crippen LogP contribution in [0.3, 0.4) is 0 Å². The second kappa shape index (κ2) is 8.46. The molecule has 0 N–H and O–H groups in total. The number of nitrogens with zero attached hydrogens (tertiary/aromatic N) is 2. The van der Waals surface area contributed by atoms with Gasteiger partial charge in [-0.1, -0.05) is 18.2 Å². The average Bonchev–Trinajstić information content (AvgIpc) is 2.64. The molecule has 0 aliphatic heterocycles. The first-order chi connectivity index (χ1) is 12.8.